The van der Waals surface area contributed by atoms with Crippen LogP contribution in [0, 0.1) is 0 Å². The number of allylic oxidation sites excluding steroid dienone is 1. The van der Waals surface area contributed by atoms with Gasteiger partial charge in [-0.2, -0.15) is 0 Å². The second-order valence-electron chi connectivity index (χ2n) is 3.52. The maximum absolute atomic E-state index is 5.56. The lowest BCUT2D eigenvalue weighted by molar-refractivity contribution is 0.131. The molecule has 0 unspecified atom stereocenters. The van der Waals surface area contributed by atoms with Gasteiger partial charge in [-0.15, -0.1) is 0 Å². The van der Waals surface area contributed by atoms with Crippen LogP contribution in [0.1, 0.15) is 27.7 Å². The summed E-state index contributed by atoms with van der Waals surface area (Å²) in [6.45, 7) is 11.7. The monoisotopic (exact) mass is 248 g/mol. The molecule has 0 atom stereocenters. The van der Waals surface area contributed by atoms with Gasteiger partial charge in [-0.1, -0.05) is 22.5 Å². The zero-order valence-electron chi connectivity index (χ0n) is 8.84. The molecule has 4 heteroatoms. The van der Waals surface area contributed by atoms with E-state index in [9.17, 15) is 0 Å². The van der Waals surface area contributed by atoms with E-state index in [-0.39, 0.29) is 19.3 Å². The maximum Gasteiger partial charge on any atom is 0.462 e. The molecule has 0 aliphatic rings. The van der Waals surface area contributed by atoms with E-state index in [0.29, 0.717) is 6.32 Å². The average molecular weight is 249 g/mol. The van der Waals surface area contributed by atoms with Gasteiger partial charge in [0.05, 0.1) is 0 Å². The van der Waals surface area contributed by atoms with E-state index >= 15 is 0 Å². The van der Waals surface area contributed by atoms with Crippen LogP contribution in [0.15, 0.2) is 11.1 Å². The Morgan fingerprint density at radius 3 is 1.85 bits per heavy atom. The first-order valence-electron chi connectivity index (χ1n) is 4.56. The van der Waals surface area contributed by atoms with Crippen LogP contribution in [-0.2, 0) is 9.31 Å². The van der Waals surface area contributed by atoms with E-state index in [2.05, 4.69) is 22.5 Å². The van der Waals surface area contributed by atoms with Crippen LogP contribution in [-0.4, -0.2) is 19.3 Å². The molecule has 0 bridgehead atoms. The van der Waals surface area contributed by atoms with Crippen LogP contribution in [0.3, 0.4) is 0 Å². The Bertz CT molecular complexity index is 150. The molecule has 0 aliphatic carbocycles. The van der Waals surface area contributed by atoms with Crippen LogP contribution < -0.4 is 0 Å². The third-order valence-corrected chi connectivity index (χ3v) is 1.56. The Morgan fingerprint density at radius 2 is 1.62 bits per heavy atom. The molecule has 0 aliphatic heterocycles. The fraction of sp³-hybridized carbons (Fsp3) is 0.778. The second kappa shape index (κ2) is 6.63. The topological polar surface area (TPSA) is 18.5 Å². The third kappa shape index (κ3) is 8.53. The molecular weight excluding hydrogens is 231 g/mol. The van der Waals surface area contributed by atoms with E-state index < -0.39 is 0 Å². The van der Waals surface area contributed by atoms with E-state index in [4.69, 9.17) is 9.31 Å². The molecule has 76 valence electrons. The Kier molecular flexibility index (Phi) is 6.73. The van der Waals surface area contributed by atoms with Crippen LogP contribution in [0.25, 0.3) is 0 Å². The van der Waals surface area contributed by atoms with Crippen molar-refractivity contribution >= 4 is 23.0 Å². The summed E-state index contributed by atoms with van der Waals surface area (Å²) >= 11 is 3.30. The fourth-order valence-electron chi connectivity index (χ4n) is 0.916. The smallest absolute Gasteiger partial charge is 0.409 e. The highest BCUT2D eigenvalue weighted by molar-refractivity contribution is 9.11. The predicted octanol–water partition coefficient (Wildman–Crippen LogP) is 3.23. The Balaban J connectivity index is 3.95. The van der Waals surface area contributed by atoms with Crippen molar-refractivity contribution in [2.24, 2.45) is 0 Å². The van der Waals surface area contributed by atoms with Crippen molar-refractivity contribution in [3.8, 4) is 0 Å². The maximum atomic E-state index is 5.56. The fourth-order valence-corrected chi connectivity index (χ4v) is 1.18. The average Bonchev–Trinajstić information content (AvgIpc) is 1.80. The number of halogens is 1. The molecular formula is C9H18BBrO2. The van der Waals surface area contributed by atoms with Gasteiger partial charge in [0.2, 0.25) is 0 Å². The van der Waals surface area contributed by atoms with Crippen LogP contribution in [0.4, 0.5) is 0 Å². The Labute approximate surface area is 90.0 Å². The SMILES string of the molecule is C=C(Br)CB(OC(C)C)OC(C)C. The van der Waals surface area contributed by atoms with Crippen LogP contribution in [0.5, 0.6) is 0 Å². The van der Waals surface area contributed by atoms with Gasteiger partial charge in [0.1, 0.15) is 0 Å². The molecule has 0 saturated heterocycles. The molecule has 0 fully saturated rings. The van der Waals surface area contributed by atoms with Crippen molar-refractivity contribution in [2.45, 2.75) is 46.2 Å². The van der Waals surface area contributed by atoms with Gasteiger partial charge >= 0.3 is 7.12 Å². The van der Waals surface area contributed by atoms with Gasteiger partial charge in [0, 0.05) is 18.5 Å². The highest BCUT2D eigenvalue weighted by Gasteiger charge is 2.21. The lowest BCUT2D eigenvalue weighted by atomic mass is 9.84. The normalized spacial score (nSPS) is 11.0. The van der Waals surface area contributed by atoms with Crippen molar-refractivity contribution in [3.05, 3.63) is 11.1 Å². The minimum absolute atomic E-state index is 0.176. The zero-order valence-corrected chi connectivity index (χ0v) is 10.4. The molecule has 0 amide bonds. The number of hydrogen-bond acceptors (Lipinski definition) is 2. The predicted molar refractivity (Wildman–Crippen MR) is 61.1 cm³/mol. The molecule has 2 nitrogen and oxygen atoms in total. The highest BCUT2D eigenvalue weighted by Crippen LogP contribution is 2.14. The molecule has 0 aromatic carbocycles. The van der Waals surface area contributed by atoms with E-state index in [1.807, 2.05) is 27.7 Å². The summed E-state index contributed by atoms with van der Waals surface area (Å²) < 4.78 is 12.0. The molecule has 0 aromatic heterocycles. The number of hydrogen-bond donors (Lipinski definition) is 0. The summed E-state index contributed by atoms with van der Waals surface area (Å²) in [7, 11) is -0.188. The van der Waals surface area contributed by atoms with Gasteiger partial charge in [-0.3, -0.25) is 0 Å². The van der Waals surface area contributed by atoms with Crippen molar-refractivity contribution in [3.63, 3.8) is 0 Å². The lowest BCUT2D eigenvalue weighted by Crippen LogP contribution is -2.29. The van der Waals surface area contributed by atoms with E-state index in [0.717, 1.165) is 4.48 Å². The minimum Gasteiger partial charge on any atom is -0.409 e. The first kappa shape index (κ1) is 13.2. The zero-order chi connectivity index (χ0) is 10.4. The largest absolute Gasteiger partial charge is 0.462 e. The van der Waals surface area contributed by atoms with Gasteiger partial charge in [0.15, 0.2) is 0 Å². The summed E-state index contributed by atoms with van der Waals surface area (Å²) in [5.74, 6) is 0. The molecule has 13 heavy (non-hydrogen) atoms. The first-order valence-corrected chi connectivity index (χ1v) is 5.35. The highest BCUT2D eigenvalue weighted by atomic mass is 79.9. The first-order chi connectivity index (χ1) is 5.91. The summed E-state index contributed by atoms with van der Waals surface area (Å²) in [5.41, 5.74) is 0. The third-order valence-electron chi connectivity index (χ3n) is 1.24. The minimum atomic E-state index is -0.188. The molecule has 0 N–H and O–H groups in total. The standard InChI is InChI=1S/C9H18BBrO2/c1-7(2)12-10(6-9(5)11)13-8(3)4/h7-8H,5-6H2,1-4H3. The van der Waals surface area contributed by atoms with Crippen molar-refractivity contribution in [1.82, 2.24) is 0 Å². The van der Waals surface area contributed by atoms with Crippen LogP contribution in [0.2, 0.25) is 6.32 Å². The van der Waals surface area contributed by atoms with Gasteiger partial charge < -0.3 is 9.31 Å². The lowest BCUT2D eigenvalue weighted by Gasteiger charge is -2.19. The molecule has 0 heterocycles. The Morgan fingerprint density at radius 1 is 1.23 bits per heavy atom. The van der Waals surface area contributed by atoms with E-state index in [1.54, 1.807) is 0 Å². The van der Waals surface area contributed by atoms with Crippen molar-refractivity contribution in [2.75, 3.05) is 0 Å². The molecule has 0 saturated carbocycles. The van der Waals surface area contributed by atoms with Crippen molar-refractivity contribution < 1.29 is 9.31 Å². The summed E-state index contributed by atoms with van der Waals surface area (Å²) in [6, 6.07) is 0. The molecule has 0 radical (unpaired) electrons. The number of rotatable bonds is 6. The summed E-state index contributed by atoms with van der Waals surface area (Å²) in [6.07, 6.45) is 1.04. The van der Waals surface area contributed by atoms with Gasteiger partial charge in [0.25, 0.3) is 0 Å². The van der Waals surface area contributed by atoms with Gasteiger partial charge in [-0.25, -0.2) is 0 Å². The van der Waals surface area contributed by atoms with Crippen molar-refractivity contribution in [1.29, 1.82) is 0 Å². The quantitative estimate of drug-likeness (QED) is 0.672. The Hall–Kier alpha value is 0.205. The van der Waals surface area contributed by atoms with Crippen LogP contribution >= 0.6 is 15.9 Å². The summed E-state index contributed by atoms with van der Waals surface area (Å²) in [4.78, 5) is 0. The van der Waals surface area contributed by atoms with E-state index in [1.165, 1.54) is 0 Å². The molecule has 0 rings (SSSR count). The molecule has 0 spiro atoms. The second-order valence-corrected chi connectivity index (χ2v) is 4.64. The van der Waals surface area contributed by atoms with Gasteiger partial charge in [-0.05, 0) is 32.2 Å². The summed E-state index contributed by atoms with van der Waals surface area (Å²) in [5, 5.41) is 0. The molecule has 0 aromatic rings.